The first-order valence-corrected chi connectivity index (χ1v) is 7.33. The van der Waals surface area contributed by atoms with E-state index in [2.05, 4.69) is 10.6 Å². The number of benzene rings is 1. The van der Waals surface area contributed by atoms with Crippen LogP contribution in [0.4, 0.5) is 5.69 Å². The molecule has 2 rings (SSSR count). The van der Waals surface area contributed by atoms with Crippen molar-refractivity contribution in [3.8, 4) is 0 Å². The third kappa shape index (κ3) is 5.55. The predicted molar refractivity (Wildman–Crippen MR) is 83.1 cm³/mol. The van der Waals surface area contributed by atoms with Gasteiger partial charge < -0.3 is 16.4 Å². The monoisotopic (exact) mass is 289 g/mol. The Kier molecular flexibility index (Phi) is 4.63. The lowest BCUT2D eigenvalue weighted by atomic mass is 10.00. The fourth-order valence-electron chi connectivity index (χ4n) is 1.86. The summed E-state index contributed by atoms with van der Waals surface area (Å²) < 4.78 is 0. The molecule has 0 bridgehead atoms. The molecule has 2 amide bonds. The quantitative estimate of drug-likeness (QED) is 0.749. The average Bonchev–Trinajstić information content (AvgIpc) is 3.20. The first-order chi connectivity index (χ1) is 9.83. The molecule has 114 valence electrons. The molecule has 0 saturated heterocycles. The summed E-state index contributed by atoms with van der Waals surface area (Å²) in [5, 5.41) is 5.73. The molecule has 0 aromatic heterocycles. The van der Waals surface area contributed by atoms with Gasteiger partial charge in [-0.2, -0.15) is 0 Å². The summed E-state index contributed by atoms with van der Waals surface area (Å²) in [4.78, 5) is 23.6. The van der Waals surface area contributed by atoms with Crippen molar-refractivity contribution < 1.29 is 9.59 Å². The van der Waals surface area contributed by atoms with Crippen LogP contribution in [0.2, 0.25) is 0 Å². The molecule has 0 atom stereocenters. The number of carbonyl (C=O) groups excluding carboxylic acids is 2. The molecule has 5 nitrogen and oxygen atoms in total. The normalized spacial score (nSPS) is 14.6. The van der Waals surface area contributed by atoms with Crippen LogP contribution in [-0.2, 0) is 4.79 Å². The Morgan fingerprint density at radius 3 is 2.38 bits per heavy atom. The maximum Gasteiger partial charge on any atom is 0.251 e. The van der Waals surface area contributed by atoms with Crippen molar-refractivity contribution in [2.45, 2.75) is 51.1 Å². The van der Waals surface area contributed by atoms with Crippen molar-refractivity contribution in [1.82, 2.24) is 5.32 Å². The van der Waals surface area contributed by atoms with Crippen molar-refractivity contribution in [2.24, 2.45) is 5.73 Å². The molecule has 0 aliphatic heterocycles. The zero-order valence-electron chi connectivity index (χ0n) is 12.6. The van der Waals surface area contributed by atoms with E-state index in [1.165, 1.54) is 0 Å². The topological polar surface area (TPSA) is 84.2 Å². The van der Waals surface area contributed by atoms with Gasteiger partial charge >= 0.3 is 0 Å². The number of rotatable bonds is 6. The highest BCUT2D eigenvalue weighted by Crippen LogP contribution is 2.19. The SMILES string of the molecule is CC(C)(N)CCC(=O)Nc1ccc(C(=O)NC2CC2)cc1. The van der Waals surface area contributed by atoms with E-state index in [1.807, 2.05) is 13.8 Å². The smallest absolute Gasteiger partial charge is 0.251 e. The largest absolute Gasteiger partial charge is 0.349 e. The van der Waals surface area contributed by atoms with E-state index in [1.54, 1.807) is 24.3 Å². The Balaban J connectivity index is 1.83. The van der Waals surface area contributed by atoms with Crippen LogP contribution in [0.15, 0.2) is 24.3 Å². The minimum Gasteiger partial charge on any atom is -0.349 e. The summed E-state index contributed by atoms with van der Waals surface area (Å²) in [6.45, 7) is 3.79. The molecule has 0 unspecified atom stereocenters. The highest BCUT2D eigenvalue weighted by molar-refractivity contribution is 5.96. The Labute approximate surface area is 125 Å². The van der Waals surface area contributed by atoms with Gasteiger partial charge in [0.2, 0.25) is 5.91 Å². The van der Waals surface area contributed by atoms with Crippen LogP contribution in [0.3, 0.4) is 0 Å². The predicted octanol–water partition coefficient (Wildman–Crippen LogP) is 2.03. The van der Waals surface area contributed by atoms with Gasteiger partial charge in [-0.1, -0.05) is 0 Å². The Morgan fingerprint density at radius 2 is 1.86 bits per heavy atom. The van der Waals surface area contributed by atoms with Crippen LogP contribution < -0.4 is 16.4 Å². The molecule has 1 aliphatic carbocycles. The fraction of sp³-hybridized carbons (Fsp3) is 0.500. The van der Waals surface area contributed by atoms with Crippen LogP contribution in [0.1, 0.15) is 49.9 Å². The van der Waals surface area contributed by atoms with Crippen LogP contribution in [0, 0.1) is 0 Å². The third-order valence-electron chi connectivity index (χ3n) is 3.34. The number of amides is 2. The van der Waals surface area contributed by atoms with Crippen molar-refractivity contribution in [2.75, 3.05) is 5.32 Å². The standard InChI is InChI=1S/C16H23N3O2/c1-16(2,17)10-9-14(20)18-12-5-3-11(4-6-12)15(21)19-13-7-8-13/h3-6,13H,7-10,17H2,1-2H3,(H,18,20)(H,19,21). The highest BCUT2D eigenvalue weighted by Gasteiger charge is 2.23. The Morgan fingerprint density at radius 1 is 1.24 bits per heavy atom. The molecular weight excluding hydrogens is 266 g/mol. The minimum atomic E-state index is -0.345. The van der Waals surface area contributed by atoms with Crippen molar-refractivity contribution >= 4 is 17.5 Å². The van der Waals surface area contributed by atoms with E-state index in [-0.39, 0.29) is 17.4 Å². The molecule has 4 N–H and O–H groups in total. The van der Waals surface area contributed by atoms with Crippen LogP contribution in [0.5, 0.6) is 0 Å². The van der Waals surface area contributed by atoms with Gasteiger partial charge in [0.1, 0.15) is 0 Å². The highest BCUT2D eigenvalue weighted by atomic mass is 16.2. The molecule has 1 aliphatic rings. The van der Waals surface area contributed by atoms with Gasteiger partial charge in [-0.3, -0.25) is 9.59 Å². The first kappa shape index (κ1) is 15.5. The second-order valence-electron chi connectivity index (χ2n) is 6.36. The van der Waals surface area contributed by atoms with E-state index in [9.17, 15) is 9.59 Å². The molecular formula is C16H23N3O2. The molecule has 1 saturated carbocycles. The van der Waals surface area contributed by atoms with Crippen LogP contribution in [0.25, 0.3) is 0 Å². The molecule has 0 heterocycles. The van der Waals surface area contributed by atoms with Gasteiger partial charge in [-0.15, -0.1) is 0 Å². The van der Waals surface area contributed by atoms with Gasteiger partial charge in [0.25, 0.3) is 5.91 Å². The summed E-state index contributed by atoms with van der Waals surface area (Å²) in [5.41, 5.74) is 6.81. The summed E-state index contributed by atoms with van der Waals surface area (Å²) >= 11 is 0. The molecule has 5 heteroatoms. The van der Waals surface area contributed by atoms with Gasteiger partial charge in [-0.25, -0.2) is 0 Å². The Hall–Kier alpha value is -1.88. The van der Waals surface area contributed by atoms with E-state index < -0.39 is 0 Å². The summed E-state index contributed by atoms with van der Waals surface area (Å²) in [6.07, 6.45) is 3.14. The van der Waals surface area contributed by atoms with E-state index >= 15 is 0 Å². The average molecular weight is 289 g/mol. The fourth-order valence-corrected chi connectivity index (χ4v) is 1.86. The molecule has 0 radical (unpaired) electrons. The molecule has 0 spiro atoms. The second-order valence-corrected chi connectivity index (χ2v) is 6.36. The lowest BCUT2D eigenvalue weighted by Gasteiger charge is -2.17. The molecule has 1 aromatic carbocycles. The second kappa shape index (κ2) is 6.26. The first-order valence-electron chi connectivity index (χ1n) is 7.33. The number of anilines is 1. The van der Waals surface area contributed by atoms with Crippen molar-refractivity contribution in [1.29, 1.82) is 0 Å². The summed E-state index contributed by atoms with van der Waals surface area (Å²) in [7, 11) is 0. The van der Waals surface area contributed by atoms with Gasteiger partial charge in [0, 0.05) is 29.3 Å². The molecule has 21 heavy (non-hydrogen) atoms. The van der Waals surface area contributed by atoms with E-state index in [0.717, 1.165) is 12.8 Å². The number of carbonyl (C=O) groups is 2. The zero-order chi connectivity index (χ0) is 15.5. The maximum atomic E-state index is 11.8. The maximum absolute atomic E-state index is 11.8. The van der Waals surface area contributed by atoms with E-state index in [0.29, 0.717) is 30.1 Å². The number of hydrogen-bond donors (Lipinski definition) is 3. The summed E-state index contributed by atoms with van der Waals surface area (Å²) in [5.74, 6) is -0.121. The lowest BCUT2D eigenvalue weighted by molar-refractivity contribution is -0.116. The molecule has 1 aromatic rings. The number of hydrogen-bond acceptors (Lipinski definition) is 3. The Bertz CT molecular complexity index is 513. The summed E-state index contributed by atoms with van der Waals surface area (Å²) in [6, 6.07) is 7.28. The van der Waals surface area contributed by atoms with E-state index in [4.69, 9.17) is 5.73 Å². The van der Waals surface area contributed by atoms with Crippen LogP contribution >= 0.6 is 0 Å². The lowest BCUT2D eigenvalue weighted by Crippen LogP contribution is -2.33. The third-order valence-corrected chi connectivity index (χ3v) is 3.34. The van der Waals surface area contributed by atoms with Crippen molar-refractivity contribution in [3.63, 3.8) is 0 Å². The van der Waals surface area contributed by atoms with Gasteiger partial charge in [0.05, 0.1) is 0 Å². The number of nitrogens with one attached hydrogen (secondary N) is 2. The van der Waals surface area contributed by atoms with Gasteiger partial charge in [-0.05, 0) is 57.4 Å². The number of nitrogens with two attached hydrogens (primary N) is 1. The van der Waals surface area contributed by atoms with Crippen LogP contribution in [-0.4, -0.2) is 23.4 Å². The van der Waals surface area contributed by atoms with Crippen molar-refractivity contribution in [3.05, 3.63) is 29.8 Å². The zero-order valence-corrected chi connectivity index (χ0v) is 12.6. The molecule has 1 fully saturated rings. The minimum absolute atomic E-state index is 0.0553. The van der Waals surface area contributed by atoms with Gasteiger partial charge in [0.15, 0.2) is 0 Å².